The number of amides is 2. The van der Waals surface area contributed by atoms with Gasteiger partial charge in [0.05, 0.1) is 19.4 Å². The Morgan fingerprint density at radius 2 is 1.94 bits per heavy atom. The summed E-state index contributed by atoms with van der Waals surface area (Å²) in [4.78, 5) is 42.8. The molecular formula is C24H29N3O7. The Morgan fingerprint density at radius 1 is 1.18 bits per heavy atom. The third-order valence-electron chi connectivity index (χ3n) is 6.33. The third-order valence-corrected chi connectivity index (χ3v) is 6.33. The van der Waals surface area contributed by atoms with Crippen molar-refractivity contribution >= 4 is 11.8 Å². The smallest absolute Gasteiger partial charge is 0.292 e. The number of carbonyl (C=O) groups is 2. The lowest BCUT2D eigenvalue weighted by atomic mass is 10.1. The van der Waals surface area contributed by atoms with Crippen LogP contribution in [0, 0.1) is 0 Å². The normalized spacial score (nSPS) is 16.6. The molecule has 0 unspecified atom stereocenters. The summed E-state index contributed by atoms with van der Waals surface area (Å²) in [6, 6.07) is 4.56. The minimum Gasteiger partial charge on any atom is -0.496 e. The van der Waals surface area contributed by atoms with Gasteiger partial charge >= 0.3 is 0 Å². The summed E-state index contributed by atoms with van der Waals surface area (Å²) in [5.74, 6) is 0.895. The van der Waals surface area contributed by atoms with Crippen molar-refractivity contribution in [3.63, 3.8) is 0 Å². The molecule has 0 N–H and O–H groups in total. The standard InChI is InChI=1S/C24H29N3O7/c1-15(18-6-5-11-33-18)25(3)23(29)21-17-7-8-26(24(30)22-16(2)32-12-13-34-22)9-10-27(17)20(28)14-19(21)31-4/h5-6,11,14-15H,7-10,12-13H2,1-4H3/t15-/m0/s1. The van der Waals surface area contributed by atoms with Crippen LogP contribution in [0.3, 0.4) is 0 Å². The first-order valence-corrected chi connectivity index (χ1v) is 11.2. The molecule has 0 bridgehead atoms. The summed E-state index contributed by atoms with van der Waals surface area (Å²) < 4.78 is 23.5. The number of ether oxygens (including phenoxy) is 3. The van der Waals surface area contributed by atoms with Crippen LogP contribution in [0.5, 0.6) is 5.75 Å². The van der Waals surface area contributed by atoms with Gasteiger partial charge in [0, 0.05) is 44.9 Å². The van der Waals surface area contributed by atoms with E-state index in [-0.39, 0.29) is 41.5 Å². The topological polar surface area (TPSA) is 103 Å². The molecule has 2 aliphatic rings. The average Bonchev–Trinajstić information content (AvgIpc) is 3.29. The second-order valence-electron chi connectivity index (χ2n) is 8.26. The second kappa shape index (κ2) is 9.66. The predicted octanol–water partition coefficient (Wildman–Crippen LogP) is 1.95. The van der Waals surface area contributed by atoms with Crippen LogP contribution in [0.15, 0.2) is 45.2 Å². The van der Waals surface area contributed by atoms with Crippen LogP contribution >= 0.6 is 0 Å². The molecule has 2 aromatic heterocycles. The van der Waals surface area contributed by atoms with Crippen molar-refractivity contribution in [2.75, 3.05) is 40.5 Å². The number of rotatable bonds is 5. The number of pyridine rings is 1. The summed E-state index contributed by atoms with van der Waals surface area (Å²) in [6.07, 6.45) is 1.86. The van der Waals surface area contributed by atoms with Crippen LogP contribution in [0.1, 0.15) is 41.7 Å². The van der Waals surface area contributed by atoms with Gasteiger partial charge in [-0.25, -0.2) is 0 Å². The number of hydrogen-bond donors (Lipinski definition) is 0. The monoisotopic (exact) mass is 471 g/mol. The lowest BCUT2D eigenvalue weighted by Gasteiger charge is -2.26. The van der Waals surface area contributed by atoms with E-state index < -0.39 is 0 Å². The van der Waals surface area contributed by atoms with Crippen LogP contribution in [0.2, 0.25) is 0 Å². The first kappa shape index (κ1) is 23.5. The minimum atomic E-state index is -0.331. The highest BCUT2D eigenvalue weighted by atomic mass is 16.6. The summed E-state index contributed by atoms with van der Waals surface area (Å²) in [7, 11) is 3.11. The van der Waals surface area contributed by atoms with Gasteiger partial charge in [0.1, 0.15) is 36.0 Å². The molecule has 0 spiro atoms. The van der Waals surface area contributed by atoms with Gasteiger partial charge in [0.25, 0.3) is 17.4 Å². The van der Waals surface area contributed by atoms with Gasteiger partial charge < -0.3 is 33.0 Å². The van der Waals surface area contributed by atoms with Crippen molar-refractivity contribution in [3.05, 3.63) is 63.4 Å². The fraction of sp³-hybridized carbons (Fsp3) is 0.458. The quantitative estimate of drug-likeness (QED) is 0.657. The Bertz CT molecular complexity index is 1170. The molecule has 34 heavy (non-hydrogen) atoms. The van der Waals surface area contributed by atoms with E-state index in [0.29, 0.717) is 55.5 Å². The van der Waals surface area contributed by atoms with Gasteiger partial charge in [0.15, 0.2) is 0 Å². The minimum absolute atomic E-state index is 0.186. The number of hydrogen-bond acceptors (Lipinski definition) is 7. The van der Waals surface area contributed by atoms with E-state index in [1.54, 1.807) is 46.7 Å². The Balaban J connectivity index is 1.66. The molecule has 182 valence electrons. The van der Waals surface area contributed by atoms with Crippen molar-refractivity contribution in [1.29, 1.82) is 0 Å². The molecule has 0 fully saturated rings. The molecule has 0 saturated heterocycles. The Morgan fingerprint density at radius 3 is 2.62 bits per heavy atom. The fourth-order valence-corrected chi connectivity index (χ4v) is 4.28. The maximum Gasteiger partial charge on any atom is 0.292 e. The summed E-state index contributed by atoms with van der Waals surface area (Å²) in [5.41, 5.74) is 0.562. The average molecular weight is 472 g/mol. The van der Waals surface area contributed by atoms with Gasteiger partial charge in [-0.3, -0.25) is 14.4 Å². The molecule has 1 atom stereocenters. The van der Waals surface area contributed by atoms with Gasteiger partial charge in [0.2, 0.25) is 5.76 Å². The van der Waals surface area contributed by atoms with E-state index in [0.717, 1.165) is 0 Å². The number of carbonyl (C=O) groups excluding carboxylic acids is 2. The van der Waals surface area contributed by atoms with Crippen LogP contribution in [-0.4, -0.2) is 66.6 Å². The number of aromatic nitrogens is 1. The van der Waals surface area contributed by atoms with Gasteiger partial charge in [-0.1, -0.05) is 0 Å². The van der Waals surface area contributed by atoms with Crippen molar-refractivity contribution in [3.8, 4) is 5.75 Å². The Hall–Kier alpha value is -3.69. The zero-order chi connectivity index (χ0) is 24.4. The highest BCUT2D eigenvalue weighted by Crippen LogP contribution is 2.28. The molecule has 2 aromatic rings. The first-order chi connectivity index (χ1) is 16.3. The van der Waals surface area contributed by atoms with Crippen molar-refractivity contribution < 1.29 is 28.2 Å². The zero-order valence-electron chi connectivity index (χ0n) is 19.8. The molecule has 2 aliphatic heterocycles. The van der Waals surface area contributed by atoms with E-state index in [1.165, 1.54) is 13.2 Å². The van der Waals surface area contributed by atoms with E-state index in [4.69, 9.17) is 18.6 Å². The number of methoxy groups -OCH3 is 1. The Labute approximate surface area is 197 Å². The molecule has 0 saturated carbocycles. The number of furan rings is 1. The molecule has 0 aliphatic carbocycles. The van der Waals surface area contributed by atoms with Crippen molar-refractivity contribution in [2.24, 2.45) is 0 Å². The largest absolute Gasteiger partial charge is 0.496 e. The molecule has 4 heterocycles. The summed E-state index contributed by atoms with van der Waals surface area (Å²) in [5, 5.41) is 0. The summed E-state index contributed by atoms with van der Waals surface area (Å²) >= 11 is 0. The molecule has 0 aromatic carbocycles. The van der Waals surface area contributed by atoms with E-state index in [1.807, 2.05) is 6.92 Å². The maximum absolute atomic E-state index is 13.6. The lowest BCUT2D eigenvalue weighted by molar-refractivity contribution is -0.132. The van der Waals surface area contributed by atoms with E-state index in [2.05, 4.69) is 0 Å². The molecular weight excluding hydrogens is 442 g/mol. The summed E-state index contributed by atoms with van der Waals surface area (Å²) in [6.45, 7) is 5.12. The molecule has 10 nitrogen and oxygen atoms in total. The van der Waals surface area contributed by atoms with Crippen LogP contribution in [-0.2, 0) is 27.2 Å². The van der Waals surface area contributed by atoms with Crippen molar-refractivity contribution in [2.45, 2.75) is 32.9 Å². The van der Waals surface area contributed by atoms with Crippen LogP contribution in [0.4, 0.5) is 0 Å². The third kappa shape index (κ3) is 4.27. The van der Waals surface area contributed by atoms with Crippen molar-refractivity contribution in [1.82, 2.24) is 14.4 Å². The highest BCUT2D eigenvalue weighted by Gasteiger charge is 2.32. The van der Waals surface area contributed by atoms with Crippen LogP contribution < -0.4 is 10.3 Å². The highest BCUT2D eigenvalue weighted by molar-refractivity contribution is 5.98. The lowest BCUT2D eigenvalue weighted by Crippen LogP contribution is -2.37. The number of fused-ring (bicyclic) bond motifs is 1. The first-order valence-electron chi connectivity index (χ1n) is 11.2. The van der Waals surface area contributed by atoms with E-state index in [9.17, 15) is 14.4 Å². The van der Waals surface area contributed by atoms with E-state index >= 15 is 0 Å². The molecule has 0 radical (unpaired) electrons. The SMILES string of the molecule is COc1cc(=O)n2c(c1C(=O)N(C)[C@@H](C)c1ccco1)CCN(C(=O)C1=C(C)OCCO1)CC2. The number of allylic oxidation sites excluding steroid dienone is 1. The zero-order valence-corrected chi connectivity index (χ0v) is 19.8. The maximum atomic E-state index is 13.6. The van der Waals surface area contributed by atoms with Gasteiger partial charge in [-0.05, 0) is 26.0 Å². The molecule has 4 rings (SSSR count). The van der Waals surface area contributed by atoms with Gasteiger partial charge in [-0.2, -0.15) is 0 Å². The van der Waals surface area contributed by atoms with Gasteiger partial charge in [-0.15, -0.1) is 0 Å². The van der Waals surface area contributed by atoms with Crippen LogP contribution in [0.25, 0.3) is 0 Å². The molecule has 10 heteroatoms. The molecule has 2 amide bonds. The fourth-order valence-electron chi connectivity index (χ4n) is 4.28. The Kier molecular flexibility index (Phi) is 6.67. The second-order valence-corrected chi connectivity index (χ2v) is 8.26. The predicted molar refractivity (Wildman–Crippen MR) is 121 cm³/mol. The number of nitrogens with zero attached hydrogens (tertiary/aromatic N) is 3.